The Morgan fingerprint density at radius 2 is 2.37 bits per heavy atom. The minimum atomic E-state index is -0.379. The fourth-order valence-electron chi connectivity index (χ4n) is 2.54. The van der Waals surface area contributed by atoms with E-state index in [1.54, 1.807) is 6.07 Å². The number of nitrogens with zero attached hydrogens (tertiary/aromatic N) is 1. The fraction of sp³-hybridized carbons (Fsp3) is 0.500. The summed E-state index contributed by atoms with van der Waals surface area (Å²) >= 11 is 3.32. The molecule has 1 heterocycles. The van der Waals surface area contributed by atoms with Gasteiger partial charge in [-0.05, 0) is 66.5 Å². The topological polar surface area (TPSA) is 32.3 Å². The molecule has 1 saturated heterocycles. The van der Waals surface area contributed by atoms with Gasteiger partial charge < -0.3 is 10.2 Å². The molecule has 1 aliphatic heterocycles. The van der Waals surface area contributed by atoms with E-state index in [1.807, 2.05) is 11.9 Å². The molecule has 1 amide bonds. The normalized spacial score (nSPS) is 19.5. The van der Waals surface area contributed by atoms with Crippen LogP contribution in [-0.4, -0.2) is 37.5 Å². The highest BCUT2D eigenvalue weighted by Gasteiger charge is 2.25. The number of benzene rings is 1. The SMILES string of the molecule is CNC[C@H]1CCCN(C(=O)c2cc(F)ccc2Br)C1. The van der Waals surface area contributed by atoms with Gasteiger partial charge in [0.05, 0.1) is 5.56 Å². The first-order valence-electron chi connectivity index (χ1n) is 6.50. The first-order valence-corrected chi connectivity index (χ1v) is 7.30. The Bertz CT molecular complexity index is 465. The molecule has 5 heteroatoms. The number of hydrogen-bond donors (Lipinski definition) is 1. The molecule has 2 rings (SSSR count). The van der Waals surface area contributed by atoms with E-state index in [1.165, 1.54) is 12.1 Å². The molecule has 19 heavy (non-hydrogen) atoms. The Morgan fingerprint density at radius 1 is 1.58 bits per heavy atom. The van der Waals surface area contributed by atoms with Crippen molar-refractivity contribution in [3.05, 3.63) is 34.1 Å². The number of halogens is 2. The quantitative estimate of drug-likeness (QED) is 0.925. The van der Waals surface area contributed by atoms with Gasteiger partial charge in [0.25, 0.3) is 5.91 Å². The first-order chi connectivity index (χ1) is 9.11. The molecular weight excluding hydrogens is 311 g/mol. The van der Waals surface area contributed by atoms with E-state index in [0.717, 1.165) is 32.5 Å². The van der Waals surface area contributed by atoms with Gasteiger partial charge in [-0.2, -0.15) is 0 Å². The summed E-state index contributed by atoms with van der Waals surface area (Å²) in [6.07, 6.45) is 2.14. The molecular formula is C14H18BrFN2O. The van der Waals surface area contributed by atoms with Gasteiger partial charge in [-0.3, -0.25) is 4.79 Å². The number of piperidine rings is 1. The summed E-state index contributed by atoms with van der Waals surface area (Å²) in [5, 5.41) is 3.15. The summed E-state index contributed by atoms with van der Waals surface area (Å²) in [6, 6.07) is 4.23. The third-order valence-corrected chi connectivity index (χ3v) is 4.15. The maximum Gasteiger partial charge on any atom is 0.255 e. The smallest absolute Gasteiger partial charge is 0.255 e. The van der Waals surface area contributed by atoms with E-state index in [-0.39, 0.29) is 11.7 Å². The Kier molecular flexibility index (Phi) is 4.93. The number of rotatable bonds is 3. The van der Waals surface area contributed by atoms with Crippen LogP contribution in [0.1, 0.15) is 23.2 Å². The number of hydrogen-bond acceptors (Lipinski definition) is 2. The van der Waals surface area contributed by atoms with E-state index in [2.05, 4.69) is 21.2 Å². The molecule has 0 aromatic heterocycles. The lowest BCUT2D eigenvalue weighted by atomic mass is 9.97. The Labute approximate surface area is 121 Å². The molecule has 1 aromatic carbocycles. The average Bonchev–Trinajstić information content (AvgIpc) is 2.41. The zero-order valence-electron chi connectivity index (χ0n) is 11.0. The second-order valence-corrected chi connectivity index (χ2v) is 5.80. The van der Waals surface area contributed by atoms with E-state index >= 15 is 0 Å². The van der Waals surface area contributed by atoms with Gasteiger partial charge in [0.1, 0.15) is 5.82 Å². The molecule has 3 nitrogen and oxygen atoms in total. The molecule has 0 radical (unpaired) electrons. The van der Waals surface area contributed by atoms with Crippen LogP contribution in [0.5, 0.6) is 0 Å². The maximum atomic E-state index is 13.3. The summed E-state index contributed by atoms with van der Waals surface area (Å²) in [5.74, 6) is 0.0116. The summed E-state index contributed by atoms with van der Waals surface area (Å²) in [6.45, 7) is 2.40. The first kappa shape index (κ1) is 14.5. The van der Waals surface area contributed by atoms with E-state index in [0.29, 0.717) is 16.0 Å². The molecule has 1 atom stereocenters. The lowest BCUT2D eigenvalue weighted by Crippen LogP contribution is -2.42. The van der Waals surface area contributed by atoms with Crippen molar-refractivity contribution in [2.24, 2.45) is 5.92 Å². The number of carbonyl (C=O) groups is 1. The minimum absolute atomic E-state index is 0.0906. The second kappa shape index (κ2) is 6.48. The fourth-order valence-corrected chi connectivity index (χ4v) is 2.95. The van der Waals surface area contributed by atoms with Gasteiger partial charge in [0, 0.05) is 17.6 Å². The summed E-state index contributed by atoms with van der Waals surface area (Å²) < 4.78 is 13.9. The van der Waals surface area contributed by atoms with Crippen molar-refractivity contribution in [3.63, 3.8) is 0 Å². The van der Waals surface area contributed by atoms with Crippen molar-refractivity contribution in [2.75, 3.05) is 26.7 Å². The zero-order valence-corrected chi connectivity index (χ0v) is 12.5. The van der Waals surface area contributed by atoms with Crippen LogP contribution in [0.2, 0.25) is 0 Å². The molecule has 0 unspecified atom stereocenters. The third-order valence-electron chi connectivity index (χ3n) is 3.46. The number of likely N-dealkylation sites (tertiary alicyclic amines) is 1. The van der Waals surface area contributed by atoms with Crippen molar-refractivity contribution >= 4 is 21.8 Å². The van der Waals surface area contributed by atoms with Gasteiger partial charge in [-0.15, -0.1) is 0 Å². The molecule has 1 N–H and O–H groups in total. The Morgan fingerprint density at radius 3 is 3.11 bits per heavy atom. The Balaban J connectivity index is 2.12. The molecule has 0 bridgehead atoms. The molecule has 0 spiro atoms. The summed E-state index contributed by atoms with van der Waals surface area (Å²) in [4.78, 5) is 14.3. The molecule has 0 aliphatic carbocycles. The van der Waals surface area contributed by atoms with Crippen molar-refractivity contribution < 1.29 is 9.18 Å². The van der Waals surface area contributed by atoms with Crippen LogP contribution < -0.4 is 5.32 Å². The summed E-state index contributed by atoms with van der Waals surface area (Å²) in [7, 11) is 1.92. The molecule has 1 fully saturated rings. The largest absolute Gasteiger partial charge is 0.338 e. The standard InChI is InChI=1S/C14H18BrFN2O/c1-17-8-10-3-2-6-18(9-10)14(19)12-7-11(16)4-5-13(12)15/h4-5,7,10,17H,2-3,6,8-9H2,1H3/t10-/m1/s1. The third kappa shape index (κ3) is 3.54. The van der Waals surface area contributed by atoms with Crippen LogP contribution in [0.3, 0.4) is 0 Å². The molecule has 1 aromatic rings. The van der Waals surface area contributed by atoms with Gasteiger partial charge in [0.2, 0.25) is 0 Å². The van der Waals surface area contributed by atoms with E-state index in [4.69, 9.17) is 0 Å². The van der Waals surface area contributed by atoms with Crippen molar-refractivity contribution in [2.45, 2.75) is 12.8 Å². The number of nitrogens with one attached hydrogen (secondary N) is 1. The lowest BCUT2D eigenvalue weighted by Gasteiger charge is -2.33. The van der Waals surface area contributed by atoms with Crippen LogP contribution in [0, 0.1) is 11.7 Å². The zero-order chi connectivity index (χ0) is 13.8. The molecule has 104 valence electrons. The van der Waals surface area contributed by atoms with Crippen molar-refractivity contribution in [1.29, 1.82) is 0 Å². The van der Waals surface area contributed by atoms with Gasteiger partial charge in [-0.25, -0.2) is 4.39 Å². The van der Waals surface area contributed by atoms with Crippen LogP contribution in [0.4, 0.5) is 4.39 Å². The summed E-state index contributed by atoms with van der Waals surface area (Å²) in [5.41, 5.74) is 0.408. The van der Waals surface area contributed by atoms with Crippen molar-refractivity contribution in [3.8, 4) is 0 Å². The highest BCUT2D eigenvalue weighted by Crippen LogP contribution is 2.23. The van der Waals surface area contributed by atoms with Crippen LogP contribution in [-0.2, 0) is 0 Å². The highest BCUT2D eigenvalue weighted by atomic mass is 79.9. The Hall–Kier alpha value is -0.940. The molecule has 1 aliphatic rings. The predicted octanol–water partition coefficient (Wildman–Crippen LogP) is 2.66. The minimum Gasteiger partial charge on any atom is -0.338 e. The van der Waals surface area contributed by atoms with Gasteiger partial charge in [-0.1, -0.05) is 0 Å². The van der Waals surface area contributed by atoms with E-state index in [9.17, 15) is 9.18 Å². The maximum absolute atomic E-state index is 13.3. The van der Waals surface area contributed by atoms with Gasteiger partial charge in [0.15, 0.2) is 0 Å². The number of carbonyl (C=O) groups excluding carboxylic acids is 1. The highest BCUT2D eigenvalue weighted by molar-refractivity contribution is 9.10. The predicted molar refractivity (Wildman–Crippen MR) is 76.7 cm³/mol. The van der Waals surface area contributed by atoms with Crippen molar-refractivity contribution in [1.82, 2.24) is 10.2 Å². The second-order valence-electron chi connectivity index (χ2n) is 4.94. The average molecular weight is 329 g/mol. The monoisotopic (exact) mass is 328 g/mol. The molecule has 0 saturated carbocycles. The lowest BCUT2D eigenvalue weighted by molar-refractivity contribution is 0.0673. The number of amides is 1. The van der Waals surface area contributed by atoms with E-state index < -0.39 is 0 Å². The van der Waals surface area contributed by atoms with Crippen LogP contribution >= 0.6 is 15.9 Å². The van der Waals surface area contributed by atoms with Gasteiger partial charge >= 0.3 is 0 Å². The van der Waals surface area contributed by atoms with Crippen LogP contribution in [0.25, 0.3) is 0 Å². The van der Waals surface area contributed by atoms with Crippen LogP contribution in [0.15, 0.2) is 22.7 Å².